The molecule has 0 rings (SSSR count). The first-order chi connectivity index (χ1) is 10.2. The molecule has 0 fully saturated rings. The van der Waals surface area contributed by atoms with Gasteiger partial charge in [0.2, 0.25) is 11.7 Å². The van der Waals surface area contributed by atoms with E-state index < -0.39 is 53.9 Å². The Morgan fingerprint density at radius 3 is 2.27 bits per heavy atom. The number of Topliss-reactive ketones (excluding diaryl/α,β-unsaturated/α-hetero) is 1. The molecule has 11 heteroatoms. The van der Waals surface area contributed by atoms with Gasteiger partial charge in [-0.1, -0.05) is 0 Å². The van der Waals surface area contributed by atoms with Crippen molar-refractivity contribution in [1.82, 2.24) is 5.32 Å². The summed E-state index contributed by atoms with van der Waals surface area (Å²) in [4.78, 5) is 54.8. The van der Waals surface area contributed by atoms with Crippen LogP contribution in [0.15, 0.2) is 0 Å². The Morgan fingerprint density at radius 1 is 1.23 bits per heavy atom. The SMILES string of the molecule is COC(=O)C(CC(=O)C(=O)O)SC[C@H](N)C(=O)NCC(=O)O. The van der Waals surface area contributed by atoms with Crippen molar-refractivity contribution >= 4 is 41.4 Å². The van der Waals surface area contributed by atoms with Gasteiger partial charge in [-0.15, -0.1) is 11.8 Å². The molecule has 0 aromatic carbocycles. The van der Waals surface area contributed by atoms with Gasteiger partial charge in [-0.2, -0.15) is 0 Å². The number of aliphatic carboxylic acids is 2. The maximum atomic E-state index is 11.5. The zero-order valence-corrected chi connectivity index (χ0v) is 12.4. The maximum Gasteiger partial charge on any atom is 0.372 e. The fourth-order valence-corrected chi connectivity index (χ4v) is 2.28. The molecule has 0 aliphatic carbocycles. The number of ketones is 1. The number of hydrogen-bond donors (Lipinski definition) is 4. The number of nitrogens with two attached hydrogens (primary N) is 1. The third kappa shape index (κ3) is 7.59. The fourth-order valence-electron chi connectivity index (χ4n) is 1.19. The summed E-state index contributed by atoms with van der Waals surface area (Å²) in [6.45, 7) is -0.602. The largest absolute Gasteiger partial charge is 0.480 e. The highest BCUT2D eigenvalue weighted by atomic mass is 32.2. The molecule has 124 valence electrons. The fraction of sp³-hybridized carbons (Fsp3) is 0.545. The van der Waals surface area contributed by atoms with Crippen molar-refractivity contribution in [2.45, 2.75) is 17.7 Å². The molecule has 0 radical (unpaired) electrons. The van der Waals surface area contributed by atoms with Gasteiger partial charge in [0, 0.05) is 12.2 Å². The average Bonchev–Trinajstić information content (AvgIpc) is 2.47. The first-order valence-corrected chi connectivity index (χ1v) is 6.94. The highest BCUT2D eigenvalue weighted by Gasteiger charge is 2.28. The van der Waals surface area contributed by atoms with Crippen molar-refractivity contribution in [2.75, 3.05) is 19.4 Å². The number of carbonyl (C=O) groups excluding carboxylic acids is 3. The lowest BCUT2D eigenvalue weighted by Gasteiger charge is -2.15. The number of amides is 1. The summed E-state index contributed by atoms with van der Waals surface area (Å²) in [5.74, 6) is -5.80. The molecule has 0 bridgehead atoms. The zero-order valence-electron chi connectivity index (χ0n) is 11.6. The molecular formula is C11H16N2O8S. The summed E-state index contributed by atoms with van der Waals surface area (Å²) in [5.41, 5.74) is 5.50. The molecular weight excluding hydrogens is 320 g/mol. The lowest BCUT2D eigenvalue weighted by atomic mass is 10.2. The van der Waals surface area contributed by atoms with Gasteiger partial charge in [0.05, 0.1) is 13.2 Å². The third-order valence-electron chi connectivity index (χ3n) is 2.30. The molecule has 1 unspecified atom stereocenters. The quantitative estimate of drug-likeness (QED) is 0.254. The van der Waals surface area contributed by atoms with Crippen LogP contribution < -0.4 is 11.1 Å². The molecule has 0 saturated heterocycles. The van der Waals surface area contributed by atoms with Crippen LogP contribution in [-0.2, 0) is 28.7 Å². The lowest BCUT2D eigenvalue weighted by Crippen LogP contribution is -2.44. The van der Waals surface area contributed by atoms with Gasteiger partial charge in [-0.25, -0.2) is 4.79 Å². The molecule has 0 aromatic rings. The standard InChI is InChI=1S/C11H16N2O8S/c1-21-11(20)7(2-6(14)10(18)19)22-4-5(12)9(17)13-3-8(15)16/h5,7H,2-4,12H2,1H3,(H,13,17)(H,15,16)(H,18,19)/t5-,7?/m0/s1. The number of hydrogen-bond acceptors (Lipinski definition) is 8. The van der Waals surface area contributed by atoms with Gasteiger partial charge < -0.3 is 26.0 Å². The summed E-state index contributed by atoms with van der Waals surface area (Å²) < 4.78 is 4.44. The smallest absolute Gasteiger partial charge is 0.372 e. The summed E-state index contributed by atoms with van der Waals surface area (Å²) in [6.07, 6.45) is -0.601. The lowest BCUT2D eigenvalue weighted by molar-refractivity contribution is -0.150. The Labute approximate surface area is 129 Å². The van der Waals surface area contributed by atoms with Gasteiger partial charge >= 0.3 is 17.9 Å². The third-order valence-corrected chi connectivity index (χ3v) is 3.61. The van der Waals surface area contributed by atoms with Gasteiger partial charge in [0.15, 0.2) is 0 Å². The normalized spacial score (nSPS) is 12.8. The maximum absolute atomic E-state index is 11.5. The number of methoxy groups -OCH3 is 1. The van der Waals surface area contributed by atoms with E-state index in [1.54, 1.807) is 0 Å². The van der Waals surface area contributed by atoms with Crippen LogP contribution in [0.1, 0.15) is 6.42 Å². The number of carbonyl (C=O) groups is 5. The first-order valence-electron chi connectivity index (χ1n) is 5.89. The Hall–Kier alpha value is -2.14. The van der Waals surface area contributed by atoms with Gasteiger partial charge in [-0.05, 0) is 0 Å². The van der Waals surface area contributed by atoms with Crippen LogP contribution in [0.5, 0.6) is 0 Å². The molecule has 0 spiro atoms. The number of carboxylic acids is 2. The second-order valence-corrected chi connectivity index (χ2v) is 5.23. The van der Waals surface area contributed by atoms with Crippen molar-refractivity contribution in [2.24, 2.45) is 5.73 Å². The number of carboxylic acid groups (broad SMARTS) is 2. The predicted molar refractivity (Wildman–Crippen MR) is 74.1 cm³/mol. The summed E-state index contributed by atoms with van der Waals surface area (Å²) >= 11 is 0.779. The van der Waals surface area contributed by atoms with E-state index >= 15 is 0 Å². The molecule has 22 heavy (non-hydrogen) atoms. The number of nitrogens with one attached hydrogen (secondary N) is 1. The van der Waals surface area contributed by atoms with Gasteiger partial charge in [0.25, 0.3) is 0 Å². The first kappa shape index (κ1) is 19.9. The minimum atomic E-state index is -1.68. The van der Waals surface area contributed by atoms with E-state index in [9.17, 15) is 24.0 Å². The van der Waals surface area contributed by atoms with Crippen molar-refractivity contribution in [3.63, 3.8) is 0 Å². The highest BCUT2D eigenvalue weighted by molar-refractivity contribution is 8.00. The van der Waals surface area contributed by atoms with Crippen LogP contribution >= 0.6 is 11.8 Å². The minimum absolute atomic E-state index is 0.127. The molecule has 0 aliphatic heterocycles. The van der Waals surface area contributed by atoms with Crippen LogP contribution in [0.2, 0.25) is 0 Å². The molecule has 1 amide bonds. The van der Waals surface area contributed by atoms with Crippen molar-refractivity contribution in [3.8, 4) is 0 Å². The minimum Gasteiger partial charge on any atom is -0.480 e. The summed E-state index contributed by atoms with van der Waals surface area (Å²) in [5, 5.41) is 17.9. The Morgan fingerprint density at radius 2 is 1.82 bits per heavy atom. The number of rotatable bonds is 10. The Bertz CT molecular complexity index is 467. The monoisotopic (exact) mass is 336 g/mol. The summed E-state index contributed by atoms with van der Waals surface area (Å²) in [7, 11) is 1.07. The molecule has 5 N–H and O–H groups in total. The van der Waals surface area contributed by atoms with E-state index in [0.717, 1.165) is 18.9 Å². The zero-order chi connectivity index (χ0) is 17.3. The number of esters is 1. The second kappa shape index (κ2) is 9.73. The topological polar surface area (TPSA) is 173 Å². The van der Waals surface area contributed by atoms with Crippen molar-refractivity contribution in [3.05, 3.63) is 0 Å². The van der Waals surface area contributed by atoms with Crippen LogP contribution in [-0.4, -0.2) is 70.5 Å². The Kier molecular flexibility index (Phi) is 8.79. The van der Waals surface area contributed by atoms with Gasteiger partial charge in [-0.3, -0.25) is 19.2 Å². The van der Waals surface area contributed by atoms with E-state index in [2.05, 4.69) is 10.1 Å². The highest BCUT2D eigenvalue weighted by Crippen LogP contribution is 2.17. The average molecular weight is 336 g/mol. The van der Waals surface area contributed by atoms with Crippen molar-refractivity contribution < 1.29 is 38.9 Å². The molecule has 0 aromatic heterocycles. The molecule has 10 nitrogen and oxygen atoms in total. The molecule has 2 atom stereocenters. The van der Waals surface area contributed by atoms with E-state index in [1.807, 2.05) is 0 Å². The van der Waals surface area contributed by atoms with Crippen LogP contribution in [0.4, 0.5) is 0 Å². The summed E-state index contributed by atoms with van der Waals surface area (Å²) in [6, 6.07) is -1.13. The predicted octanol–water partition coefficient (Wildman–Crippen LogP) is -2.17. The van der Waals surface area contributed by atoms with E-state index in [0.29, 0.717) is 0 Å². The number of ether oxygens (including phenoxy) is 1. The van der Waals surface area contributed by atoms with Crippen LogP contribution in [0.3, 0.4) is 0 Å². The molecule has 0 aliphatic rings. The molecule has 0 saturated carbocycles. The van der Waals surface area contributed by atoms with Crippen LogP contribution in [0.25, 0.3) is 0 Å². The van der Waals surface area contributed by atoms with Gasteiger partial charge in [0.1, 0.15) is 11.8 Å². The number of thioether (sulfide) groups is 1. The Balaban J connectivity index is 4.52. The van der Waals surface area contributed by atoms with E-state index in [4.69, 9.17) is 15.9 Å². The van der Waals surface area contributed by atoms with E-state index in [1.165, 1.54) is 0 Å². The van der Waals surface area contributed by atoms with Crippen molar-refractivity contribution in [1.29, 1.82) is 0 Å². The van der Waals surface area contributed by atoms with E-state index in [-0.39, 0.29) is 5.75 Å². The molecule has 0 heterocycles. The second-order valence-electron chi connectivity index (χ2n) is 4.00. The van der Waals surface area contributed by atoms with Crippen LogP contribution in [0, 0.1) is 0 Å².